The van der Waals surface area contributed by atoms with Crippen molar-refractivity contribution in [3.8, 4) is 0 Å². The van der Waals surface area contributed by atoms with E-state index in [1.165, 1.54) is 12.5 Å². The molecule has 4 nitrogen and oxygen atoms in total. The summed E-state index contributed by atoms with van der Waals surface area (Å²) in [7, 11) is 0. The predicted octanol–water partition coefficient (Wildman–Crippen LogP) is 2.72. The van der Waals surface area contributed by atoms with E-state index >= 15 is 0 Å². The fourth-order valence-corrected chi connectivity index (χ4v) is 2.97. The van der Waals surface area contributed by atoms with Crippen LogP contribution in [0.3, 0.4) is 0 Å². The number of likely N-dealkylation sites (tertiary alicyclic amines) is 1. The van der Waals surface area contributed by atoms with Crippen LogP contribution in [0.15, 0.2) is 30.3 Å². The van der Waals surface area contributed by atoms with Crippen LogP contribution in [0.5, 0.6) is 0 Å². The molecule has 1 N–H and O–H groups in total. The van der Waals surface area contributed by atoms with Crippen molar-refractivity contribution in [2.24, 2.45) is 5.92 Å². The molecule has 0 spiro atoms. The Balaban J connectivity index is 1.84. The van der Waals surface area contributed by atoms with Crippen molar-refractivity contribution in [3.05, 3.63) is 35.9 Å². The summed E-state index contributed by atoms with van der Waals surface area (Å²) in [4.78, 5) is 24.9. The first-order valence-corrected chi connectivity index (χ1v) is 7.67. The number of hydrogen-bond acceptors (Lipinski definition) is 2. The first-order chi connectivity index (χ1) is 10.1. The van der Waals surface area contributed by atoms with Crippen LogP contribution >= 0.6 is 0 Å². The lowest BCUT2D eigenvalue weighted by Gasteiger charge is -2.26. The average molecular weight is 289 g/mol. The van der Waals surface area contributed by atoms with Crippen LogP contribution in [0.1, 0.15) is 38.2 Å². The summed E-state index contributed by atoms with van der Waals surface area (Å²) in [5, 5.41) is 8.98. The third-order valence-corrected chi connectivity index (χ3v) is 4.25. The molecule has 4 heteroatoms. The highest BCUT2D eigenvalue weighted by Gasteiger charge is 2.33. The average Bonchev–Trinajstić information content (AvgIpc) is 2.95. The van der Waals surface area contributed by atoms with Gasteiger partial charge in [-0.05, 0) is 44.6 Å². The van der Waals surface area contributed by atoms with Gasteiger partial charge in [-0.3, -0.25) is 9.59 Å². The Morgan fingerprint density at radius 2 is 2.05 bits per heavy atom. The maximum absolute atomic E-state index is 12.2. The van der Waals surface area contributed by atoms with Crippen molar-refractivity contribution in [1.82, 2.24) is 4.90 Å². The molecule has 0 radical (unpaired) electrons. The van der Waals surface area contributed by atoms with E-state index in [4.69, 9.17) is 5.11 Å². The zero-order valence-corrected chi connectivity index (χ0v) is 12.5. The molecule has 0 aliphatic carbocycles. The Morgan fingerprint density at radius 1 is 1.33 bits per heavy atom. The second kappa shape index (κ2) is 7.25. The first kappa shape index (κ1) is 15.5. The molecule has 1 aromatic rings. The first-order valence-electron chi connectivity index (χ1n) is 7.67. The molecule has 1 aliphatic rings. The summed E-state index contributed by atoms with van der Waals surface area (Å²) in [5.41, 5.74) is 1.31. The van der Waals surface area contributed by atoms with Gasteiger partial charge in [-0.1, -0.05) is 30.3 Å². The van der Waals surface area contributed by atoms with Gasteiger partial charge in [0.2, 0.25) is 5.91 Å². The molecule has 114 valence electrons. The molecule has 1 aromatic carbocycles. The van der Waals surface area contributed by atoms with Crippen molar-refractivity contribution in [3.63, 3.8) is 0 Å². The molecule has 2 rings (SSSR count). The van der Waals surface area contributed by atoms with Crippen LogP contribution in [0.2, 0.25) is 0 Å². The maximum Gasteiger partial charge on any atom is 0.315 e. The normalized spacial score (nSPS) is 19.5. The van der Waals surface area contributed by atoms with E-state index in [0.29, 0.717) is 6.54 Å². The molecule has 0 bridgehead atoms. The molecule has 0 aromatic heterocycles. The summed E-state index contributed by atoms with van der Waals surface area (Å²) < 4.78 is 0. The minimum absolute atomic E-state index is 0.211. The van der Waals surface area contributed by atoms with E-state index in [1.54, 1.807) is 4.90 Å². The molecule has 1 aliphatic heterocycles. The lowest BCUT2D eigenvalue weighted by atomic mass is 10.0. The number of carbonyl (C=O) groups excluding carboxylic acids is 1. The van der Waals surface area contributed by atoms with E-state index in [9.17, 15) is 9.59 Å². The fourth-order valence-electron chi connectivity index (χ4n) is 2.97. The summed E-state index contributed by atoms with van der Waals surface area (Å²) in [6.07, 6.45) is 4.96. The van der Waals surface area contributed by atoms with Crippen molar-refractivity contribution in [2.75, 3.05) is 6.54 Å². The van der Waals surface area contributed by atoms with Gasteiger partial charge in [-0.25, -0.2) is 0 Å². The third kappa shape index (κ3) is 4.06. The molecule has 2 unspecified atom stereocenters. The van der Waals surface area contributed by atoms with E-state index in [-0.39, 0.29) is 11.9 Å². The fraction of sp³-hybridized carbons (Fsp3) is 0.529. The molecular weight excluding hydrogens is 266 g/mol. The molecule has 0 saturated carbocycles. The highest BCUT2D eigenvalue weighted by Crippen LogP contribution is 2.24. The number of aryl methyl sites for hydroxylation is 1. The summed E-state index contributed by atoms with van der Waals surface area (Å²) in [5.74, 6) is -2.20. The topological polar surface area (TPSA) is 57.6 Å². The van der Waals surface area contributed by atoms with Gasteiger partial charge in [0.15, 0.2) is 0 Å². The smallest absolute Gasteiger partial charge is 0.315 e. The molecule has 2 atom stereocenters. The number of hydrogen-bond donors (Lipinski definition) is 1. The zero-order valence-electron chi connectivity index (χ0n) is 12.5. The number of nitrogens with zero attached hydrogens (tertiary/aromatic N) is 1. The Hall–Kier alpha value is -1.84. The SMILES string of the molecule is CC(C(=O)O)C(=O)N1CCCC1CCCc1ccccc1. The van der Waals surface area contributed by atoms with Gasteiger partial charge in [0.25, 0.3) is 0 Å². The summed E-state index contributed by atoms with van der Waals surface area (Å²) >= 11 is 0. The Morgan fingerprint density at radius 3 is 2.71 bits per heavy atom. The maximum atomic E-state index is 12.2. The van der Waals surface area contributed by atoms with Crippen LogP contribution in [-0.2, 0) is 16.0 Å². The standard InChI is InChI=1S/C17H23NO3/c1-13(17(20)21)16(19)18-12-6-11-15(18)10-5-9-14-7-3-2-4-8-14/h2-4,7-8,13,15H,5-6,9-12H2,1H3,(H,20,21). The van der Waals surface area contributed by atoms with Gasteiger partial charge in [-0.2, -0.15) is 0 Å². The van der Waals surface area contributed by atoms with Gasteiger partial charge in [-0.15, -0.1) is 0 Å². The molecule has 1 heterocycles. The number of amides is 1. The number of carboxylic acid groups (broad SMARTS) is 1. The van der Waals surface area contributed by atoms with Crippen LogP contribution in [0.25, 0.3) is 0 Å². The quantitative estimate of drug-likeness (QED) is 0.819. The predicted molar refractivity (Wildman–Crippen MR) is 80.9 cm³/mol. The second-order valence-corrected chi connectivity index (χ2v) is 5.77. The van der Waals surface area contributed by atoms with Crippen molar-refractivity contribution < 1.29 is 14.7 Å². The number of carbonyl (C=O) groups is 2. The number of aliphatic carboxylic acids is 1. The van der Waals surface area contributed by atoms with Crippen LogP contribution in [0.4, 0.5) is 0 Å². The van der Waals surface area contributed by atoms with Gasteiger partial charge < -0.3 is 10.0 Å². The van der Waals surface area contributed by atoms with Gasteiger partial charge in [0.1, 0.15) is 5.92 Å². The van der Waals surface area contributed by atoms with Crippen LogP contribution in [0, 0.1) is 5.92 Å². The lowest BCUT2D eigenvalue weighted by Crippen LogP contribution is -2.41. The lowest BCUT2D eigenvalue weighted by molar-refractivity contribution is -0.150. The number of benzene rings is 1. The minimum atomic E-state index is -1.03. The molecule has 21 heavy (non-hydrogen) atoms. The molecular formula is C17H23NO3. The third-order valence-electron chi connectivity index (χ3n) is 4.25. The monoisotopic (exact) mass is 289 g/mol. The van der Waals surface area contributed by atoms with E-state index in [0.717, 1.165) is 32.1 Å². The Bertz CT molecular complexity index is 486. The van der Waals surface area contributed by atoms with Crippen molar-refractivity contribution in [1.29, 1.82) is 0 Å². The van der Waals surface area contributed by atoms with Gasteiger partial charge in [0.05, 0.1) is 0 Å². The molecule has 1 fully saturated rings. The van der Waals surface area contributed by atoms with Gasteiger partial charge >= 0.3 is 5.97 Å². The highest BCUT2D eigenvalue weighted by molar-refractivity contribution is 5.96. The second-order valence-electron chi connectivity index (χ2n) is 5.77. The van der Waals surface area contributed by atoms with Gasteiger partial charge in [0, 0.05) is 12.6 Å². The summed E-state index contributed by atoms with van der Waals surface area (Å²) in [6, 6.07) is 10.5. The largest absolute Gasteiger partial charge is 0.481 e. The van der Waals surface area contributed by atoms with Crippen molar-refractivity contribution in [2.45, 2.75) is 45.1 Å². The minimum Gasteiger partial charge on any atom is -0.481 e. The number of carboxylic acids is 1. The van der Waals surface area contributed by atoms with E-state index < -0.39 is 11.9 Å². The van der Waals surface area contributed by atoms with Crippen molar-refractivity contribution >= 4 is 11.9 Å². The Kier molecular flexibility index (Phi) is 5.37. The van der Waals surface area contributed by atoms with E-state index in [1.807, 2.05) is 18.2 Å². The molecule has 1 amide bonds. The highest BCUT2D eigenvalue weighted by atomic mass is 16.4. The van der Waals surface area contributed by atoms with E-state index in [2.05, 4.69) is 12.1 Å². The Labute approximate surface area is 125 Å². The zero-order chi connectivity index (χ0) is 15.2. The summed E-state index contributed by atoms with van der Waals surface area (Å²) in [6.45, 7) is 2.18. The molecule has 1 saturated heterocycles. The van der Waals surface area contributed by atoms with Crippen LogP contribution in [-0.4, -0.2) is 34.5 Å². The van der Waals surface area contributed by atoms with Crippen LogP contribution < -0.4 is 0 Å². The number of rotatable bonds is 6.